The Balaban J connectivity index is 1.29. The SMILES string of the molecule is CCCSc1nc(N2CCC(C)(OC(=O)O)CC2)ccc1C(=O)NC1C2CC3CC1CC(O)(C3)C2. The fourth-order valence-electron chi connectivity index (χ4n) is 7.06. The van der Waals surface area contributed by atoms with Gasteiger partial charge in [-0.3, -0.25) is 4.79 Å². The Labute approximate surface area is 211 Å². The van der Waals surface area contributed by atoms with Gasteiger partial charge in [0.05, 0.1) is 11.2 Å². The molecular formula is C26H37N3O5S. The second-order valence-electron chi connectivity index (χ2n) is 11.4. The van der Waals surface area contributed by atoms with Crippen molar-refractivity contribution in [1.82, 2.24) is 10.3 Å². The fraction of sp³-hybridized carbons (Fsp3) is 0.731. The van der Waals surface area contributed by atoms with Crippen LogP contribution in [0.3, 0.4) is 0 Å². The first-order valence-corrected chi connectivity index (χ1v) is 14.0. The first-order valence-electron chi connectivity index (χ1n) is 13.0. The molecule has 0 aromatic carbocycles. The quantitative estimate of drug-likeness (QED) is 0.373. The number of hydrogen-bond donors (Lipinski definition) is 3. The standard InChI is InChI=1S/C26H37N3O5S/c1-3-10-35-23-19(4-5-20(27-23)29-8-6-25(2,7-9-29)34-24(31)32)22(30)28-21-17-11-16-12-18(21)15-26(33,13-16)14-17/h4-5,16-18,21,33H,3,6-15H2,1-2H3,(H,28,30)(H,31,32). The lowest BCUT2D eigenvalue weighted by molar-refractivity contribution is -0.136. The summed E-state index contributed by atoms with van der Waals surface area (Å²) in [4.78, 5) is 31.5. The summed E-state index contributed by atoms with van der Waals surface area (Å²) in [6, 6.07) is 3.93. The van der Waals surface area contributed by atoms with Crippen LogP contribution < -0.4 is 10.2 Å². The zero-order valence-electron chi connectivity index (χ0n) is 20.7. The van der Waals surface area contributed by atoms with E-state index in [2.05, 4.69) is 17.1 Å². The van der Waals surface area contributed by atoms with Crippen molar-refractivity contribution in [1.29, 1.82) is 0 Å². The van der Waals surface area contributed by atoms with Gasteiger partial charge in [-0.1, -0.05) is 6.92 Å². The summed E-state index contributed by atoms with van der Waals surface area (Å²) >= 11 is 1.61. The minimum Gasteiger partial charge on any atom is -0.450 e. The molecule has 9 heteroatoms. The van der Waals surface area contributed by atoms with Gasteiger partial charge in [-0.2, -0.15) is 0 Å². The van der Waals surface area contributed by atoms with Gasteiger partial charge in [0.1, 0.15) is 16.4 Å². The smallest absolute Gasteiger partial charge is 0.450 e. The lowest BCUT2D eigenvalue weighted by atomic mass is 9.52. The second kappa shape index (κ2) is 9.47. The van der Waals surface area contributed by atoms with E-state index in [-0.39, 0.29) is 11.9 Å². The molecule has 4 saturated carbocycles. The monoisotopic (exact) mass is 503 g/mol. The molecule has 8 nitrogen and oxygen atoms in total. The summed E-state index contributed by atoms with van der Waals surface area (Å²) in [5.41, 5.74) is -0.563. The zero-order chi connectivity index (χ0) is 24.8. The molecule has 1 amide bonds. The third-order valence-corrected chi connectivity index (χ3v) is 9.75. The molecule has 1 aromatic heterocycles. The van der Waals surface area contributed by atoms with Gasteiger partial charge < -0.3 is 25.2 Å². The molecule has 4 bridgehead atoms. The van der Waals surface area contributed by atoms with E-state index in [9.17, 15) is 14.7 Å². The average molecular weight is 504 g/mol. The maximum absolute atomic E-state index is 13.5. The van der Waals surface area contributed by atoms with Gasteiger partial charge in [0.2, 0.25) is 0 Å². The summed E-state index contributed by atoms with van der Waals surface area (Å²) in [7, 11) is 0. The summed E-state index contributed by atoms with van der Waals surface area (Å²) in [6.45, 7) is 5.25. The second-order valence-corrected chi connectivity index (χ2v) is 12.5. The van der Waals surface area contributed by atoms with Gasteiger partial charge in [-0.25, -0.2) is 9.78 Å². The molecule has 3 N–H and O–H groups in total. The number of aromatic nitrogens is 1. The molecule has 35 heavy (non-hydrogen) atoms. The van der Waals surface area contributed by atoms with E-state index in [1.165, 1.54) is 0 Å². The third-order valence-electron chi connectivity index (χ3n) is 8.55. The molecule has 5 fully saturated rings. The molecule has 1 aliphatic heterocycles. The Morgan fingerprint density at radius 3 is 2.49 bits per heavy atom. The van der Waals surface area contributed by atoms with Crippen LogP contribution in [-0.2, 0) is 4.74 Å². The Morgan fingerprint density at radius 1 is 1.20 bits per heavy atom. The van der Waals surface area contributed by atoms with Crippen molar-refractivity contribution in [3.05, 3.63) is 17.7 Å². The number of hydrogen-bond acceptors (Lipinski definition) is 7. The van der Waals surface area contributed by atoms with E-state index in [0.717, 1.165) is 55.1 Å². The van der Waals surface area contributed by atoms with Gasteiger partial charge in [0.15, 0.2) is 0 Å². The number of piperidine rings is 1. The normalized spacial score (nSPS) is 32.9. The van der Waals surface area contributed by atoms with Gasteiger partial charge in [0, 0.05) is 32.0 Å². The number of rotatable bonds is 7. The number of ether oxygens (including phenoxy) is 1. The van der Waals surface area contributed by atoms with E-state index in [1.807, 2.05) is 19.1 Å². The van der Waals surface area contributed by atoms with Crippen LogP contribution in [0.25, 0.3) is 0 Å². The maximum Gasteiger partial charge on any atom is 0.506 e. The number of nitrogens with zero attached hydrogens (tertiary/aromatic N) is 2. The fourth-order valence-corrected chi connectivity index (χ4v) is 7.93. The van der Waals surface area contributed by atoms with Crippen molar-refractivity contribution in [2.45, 2.75) is 87.5 Å². The van der Waals surface area contributed by atoms with Crippen LogP contribution >= 0.6 is 11.8 Å². The van der Waals surface area contributed by atoms with E-state index < -0.39 is 17.4 Å². The van der Waals surface area contributed by atoms with Crippen LogP contribution in [0.4, 0.5) is 10.6 Å². The van der Waals surface area contributed by atoms with Crippen molar-refractivity contribution in [2.24, 2.45) is 17.8 Å². The van der Waals surface area contributed by atoms with E-state index in [4.69, 9.17) is 14.8 Å². The Morgan fingerprint density at radius 2 is 1.89 bits per heavy atom. The lowest BCUT2D eigenvalue weighted by Crippen LogP contribution is -2.61. The molecule has 1 saturated heterocycles. The molecule has 2 unspecified atom stereocenters. The van der Waals surface area contributed by atoms with Crippen molar-refractivity contribution in [2.75, 3.05) is 23.7 Å². The number of amides is 1. The number of nitrogens with one attached hydrogen (secondary N) is 1. The van der Waals surface area contributed by atoms with E-state index >= 15 is 0 Å². The predicted octanol–water partition coefficient (Wildman–Crippen LogP) is 4.31. The van der Waals surface area contributed by atoms with E-state index in [1.54, 1.807) is 11.8 Å². The highest BCUT2D eigenvalue weighted by molar-refractivity contribution is 7.99. The van der Waals surface area contributed by atoms with Gasteiger partial charge >= 0.3 is 6.16 Å². The maximum atomic E-state index is 13.5. The first-order chi connectivity index (χ1) is 16.7. The summed E-state index contributed by atoms with van der Waals surface area (Å²) < 4.78 is 5.11. The molecule has 1 aromatic rings. The Bertz CT molecular complexity index is 964. The number of thioether (sulfide) groups is 1. The topological polar surface area (TPSA) is 112 Å². The summed E-state index contributed by atoms with van der Waals surface area (Å²) in [6.07, 6.45) is 5.70. The number of carboxylic acid groups (broad SMARTS) is 1. The average Bonchev–Trinajstić information content (AvgIpc) is 2.78. The molecule has 192 valence electrons. The van der Waals surface area contributed by atoms with Gasteiger partial charge in [0.25, 0.3) is 5.91 Å². The number of aliphatic hydroxyl groups is 1. The Kier molecular flexibility index (Phi) is 6.68. The summed E-state index contributed by atoms with van der Waals surface area (Å²) in [5, 5.41) is 24.0. The molecule has 2 atom stereocenters. The lowest BCUT2D eigenvalue weighted by Gasteiger charge is -2.58. The highest BCUT2D eigenvalue weighted by Gasteiger charge is 2.55. The number of pyridine rings is 1. The Hall–Kier alpha value is -2.00. The van der Waals surface area contributed by atoms with E-state index in [0.29, 0.717) is 49.2 Å². The predicted molar refractivity (Wildman–Crippen MR) is 134 cm³/mol. The van der Waals surface area contributed by atoms with Crippen molar-refractivity contribution < 1.29 is 24.5 Å². The third kappa shape index (κ3) is 5.12. The molecule has 0 radical (unpaired) electrons. The highest BCUT2D eigenvalue weighted by Crippen LogP contribution is 2.55. The number of carbonyl (C=O) groups excluding carboxylic acids is 1. The van der Waals surface area contributed by atoms with Crippen LogP contribution in [-0.4, -0.2) is 63.3 Å². The molecule has 6 rings (SSSR count). The van der Waals surface area contributed by atoms with Crippen molar-refractivity contribution in [3.8, 4) is 0 Å². The van der Waals surface area contributed by atoms with Crippen LogP contribution in [0.5, 0.6) is 0 Å². The minimum absolute atomic E-state index is 0.0619. The van der Waals surface area contributed by atoms with Crippen LogP contribution in [0.2, 0.25) is 0 Å². The largest absolute Gasteiger partial charge is 0.506 e. The minimum atomic E-state index is -1.24. The molecule has 0 spiro atoms. The zero-order valence-corrected chi connectivity index (χ0v) is 21.5. The highest BCUT2D eigenvalue weighted by atomic mass is 32.2. The van der Waals surface area contributed by atoms with Crippen LogP contribution in [0.15, 0.2) is 17.2 Å². The van der Waals surface area contributed by atoms with Gasteiger partial charge in [-0.15, -0.1) is 11.8 Å². The molecule has 5 aliphatic rings. The summed E-state index contributed by atoms with van der Waals surface area (Å²) in [5.74, 6) is 2.97. The first kappa shape index (κ1) is 24.7. The van der Waals surface area contributed by atoms with Crippen LogP contribution in [0.1, 0.15) is 75.6 Å². The van der Waals surface area contributed by atoms with Crippen LogP contribution in [0, 0.1) is 17.8 Å². The molecule has 4 aliphatic carbocycles. The van der Waals surface area contributed by atoms with Crippen molar-refractivity contribution >= 4 is 29.6 Å². The number of carbonyl (C=O) groups is 2. The number of anilines is 1. The molecular weight excluding hydrogens is 466 g/mol. The van der Waals surface area contributed by atoms with Gasteiger partial charge in [-0.05, 0) is 81.1 Å². The van der Waals surface area contributed by atoms with Crippen molar-refractivity contribution in [3.63, 3.8) is 0 Å². The molecule has 2 heterocycles.